The normalized spacial score (nSPS) is 27.2. The maximum atomic E-state index is 11.6. The Bertz CT molecular complexity index is 250. The Balaban J connectivity index is 2.79. The van der Waals surface area contributed by atoms with Crippen LogP contribution < -0.4 is 0 Å². The van der Waals surface area contributed by atoms with E-state index < -0.39 is 0 Å². The highest BCUT2D eigenvalue weighted by Gasteiger charge is 2.42. The summed E-state index contributed by atoms with van der Waals surface area (Å²) in [6.45, 7) is 5.80. The minimum Gasteiger partial charge on any atom is -0.469 e. The maximum absolute atomic E-state index is 11.6. The quantitative estimate of drug-likeness (QED) is 0.618. The van der Waals surface area contributed by atoms with Gasteiger partial charge in [0, 0.05) is 18.5 Å². The Morgan fingerprint density at radius 1 is 1.57 bits per heavy atom. The molecule has 14 heavy (non-hydrogen) atoms. The van der Waals surface area contributed by atoms with Gasteiger partial charge in [-0.1, -0.05) is 0 Å². The van der Waals surface area contributed by atoms with Crippen LogP contribution in [-0.2, 0) is 14.3 Å². The Morgan fingerprint density at radius 2 is 2.14 bits per heavy atom. The van der Waals surface area contributed by atoms with Crippen LogP contribution in [0, 0.1) is 5.92 Å². The van der Waals surface area contributed by atoms with E-state index in [1.54, 1.807) is 4.90 Å². The van der Waals surface area contributed by atoms with Crippen molar-refractivity contribution in [3.8, 4) is 0 Å². The van der Waals surface area contributed by atoms with E-state index >= 15 is 0 Å². The standard InChI is InChI=1S/C10H17NO3/c1-6(2)11-7(3)8(5-9(11)12)10(13)14-4/h6-8H,5H2,1-4H3. The summed E-state index contributed by atoms with van der Waals surface area (Å²) in [5, 5.41) is 0. The molecule has 0 N–H and O–H groups in total. The average molecular weight is 199 g/mol. The van der Waals surface area contributed by atoms with Gasteiger partial charge in [-0.15, -0.1) is 0 Å². The second-order valence-corrected chi connectivity index (χ2v) is 3.97. The van der Waals surface area contributed by atoms with Crippen LogP contribution in [0.15, 0.2) is 0 Å². The molecule has 4 heteroatoms. The third-order valence-electron chi connectivity index (χ3n) is 2.76. The third kappa shape index (κ3) is 1.74. The first-order valence-electron chi connectivity index (χ1n) is 4.88. The zero-order valence-electron chi connectivity index (χ0n) is 9.11. The lowest BCUT2D eigenvalue weighted by molar-refractivity contribution is -0.146. The predicted octanol–water partition coefficient (Wildman–Crippen LogP) is 0.805. The zero-order chi connectivity index (χ0) is 10.9. The smallest absolute Gasteiger partial charge is 0.311 e. The van der Waals surface area contributed by atoms with Crippen LogP contribution in [0.5, 0.6) is 0 Å². The van der Waals surface area contributed by atoms with Crippen LogP contribution in [-0.4, -0.2) is 36.0 Å². The molecule has 0 spiro atoms. The van der Waals surface area contributed by atoms with E-state index in [0.717, 1.165) is 0 Å². The first-order chi connectivity index (χ1) is 6.49. The molecule has 0 aliphatic carbocycles. The molecule has 1 rings (SSSR count). The molecule has 1 fully saturated rings. The van der Waals surface area contributed by atoms with Gasteiger partial charge in [0.1, 0.15) is 0 Å². The molecule has 1 aliphatic rings. The van der Waals surface area contributed by atoms with Gasteiger partial charge in [0.05, 0.1) is 13.0 Å². The second-order valence-electron chi connectivity index (χ2n) is 3.97. The molecule has 0 aromatic heterocycles. The van der Waals surface area contributed by atoms with Gasteiger partial charge in [-0.25, -0.2) is 0 Å². The van der Waals surface area contributed by atoms with Gasteiger partial charge in [0.15, 0.2) is 0 Å². The molecule has 0 saturated carbocycles. The number of hydrogen-bond donors (Lipinski definition) is 0. The van der Waals surface area contributed by atoms with Crippen molar-refractivity contribution in [3.05, 3.63) is 0 Å². The molecule has 0 aromatic rings. The highest BCUT2D eigenvalue weighted by molar-refractivity contribution is 5.87. The lowest BCUT2D eigenvalue weighted by Crippen LogP contribution is -2.39. The van der Waals surface area contributed by atoms with Gasteiger partial charge in [-0.3, -0.25) is 9.59 Å². The molecule has 0 aromatic carbocycles. The van der Waals surface area contributed by atoms with E-state index in [4.69, 9.17) is 0 Å². The fourth-order valence-electron chi connectivity index (χ4n) is 2.07. The highest BCUT2D eigenvalue weighted by atomic mass is 16.5. The summed E-state index contributed by atoms with van der Waals surface area (Å²) in [6, 6.07) is 0.0992. The second kappa shape index (κ2) is 3.98. The number of likely N-dealkylation sites (tertiary alicyclic amines) is 1. The van der Waals surface area contributed by atoms with Crippen LogP contribution in [0.3, 0.4) is 0 Å². The Morgan fingerprint density at radius 3 is 2.50 bits per heavy atom. The summed E-state index contributed by atoms with van der Waals surface area (Å²) in [6.07, 6.45) is 0.284. The molecular formula is C10H17NO3. The fourth-order valence-corrected chi connectivity index (χ4v) is 2.07. The Labute approximate surface area is 84.2 Å². The van der Waals surface area contributed by atoms with Gasteiger partial charge >= 0.3 is 5.97 Å². The summed E-state index contributed by atoms with van der Waals surface area (Å²) >= 11 is 0. The van der Waals surface area contributed by atoms with Crippen molar-refractivity contribution >= 4 is 11.9 Å². The van der Waals surface area contributed by atoms with Crippen molar-refractivity contribution in [1.82, 2.24) is 4.90 Å². The van der Waals surface area contributed by atoms with E-state index in [2.05, 4.69) is 4.74 Å². The van der Waals surface area contributed by atoms with Gasteiger partial charge < -0.3 is 9.64 Å². The maximum Gasteiger partial charge on any atom is 0.311 e. The van der Waals surface area contributed by atoms with Gasteiger partial charge in [-0.2, -0.15) is 0 Å². The molecule has 4 nitrogen and oxygen atoms in total. The summed E-state index contributed by atoms with van der Waals surface area (Å²) in [5.74, 6) is -0.535. The van der Waals surface area contributed by atoms with Crippen molar-refractivity contribution < 1.29 is 14.3 Å². The summed E-state index contributed by atoms with van der Waals surface area (Å²) in [5.41, 5.74) is 0. The molecule has 2 atom stereocenters. The largest absolute Gasteiger partial charge is 0.469 e. The van der Waals surface area contributed by atoms with Crippen LogP contribution in [0.4, 0.5) is 0 Å². The average Bonchev–Trinajstić information content (AvgIpc) is 2.40. The fraction of sp³-hybridized carbons (Fsp3) is 0.800. The molecule has 80 valence electrons. The zero-order valence-corrected chi connectivity index (χ0v) is 9.11. The van der Waals surface area contributed by atoms with Crippen molar-refractivity contribution in [1.29, 1.82) is 0 Å². The van der Waals surface area contributed by atoms with Crippen molar-refractivity contribution in [2.75, 3.05) is 7.11 Å². The van der Waals surface area contributed by atoms with E-state index in [9.17, 15) is 9.59 Å². The first-order valence-corrected chi connectivity index (χ1v) is 4.88. The summed E-state index contributed by atoms with van der Waals surface area (Å²) < 4.78 is 4.66. The van der Waals surface area contributed by atoms with Crippen LogP contribution in [0.25, 0.3) is 0 Å². The monoisotopic (exact) mass is 199 g/mol. The van der Waals surface area contributed by atoms with Crippen molar-refractivity contribution in [2.24, 2.45) is 5.92 Å². The van der Waals surface area contributed by atoms with Gasteiger partial charge in [0.2, 0.25) is 5.91 Å². The number of rotatable bonds is 2. The van der Waals surface area contributed by atoms with Crippen molar-refractivity contribution in [3.63, 3.8) is 0 Å². The minimum absolute atomic E-state index is 0.0444. The molecule has 1 amide bonds. The third-order valence-corrected chi connectivity index (χ3v) is 2.76. The SMILES string of the molecule is COC(=O)C1CC(=O)N(C(C)C)C1C. The lowest BCUT2D eigenvalue weighted by atomic mass is 10.0. The number of amides is 1. The Kier molecular flexibility index (Phi) is 3.13. The topological polar surface area (TPSA) is 46.6 Å². The number of nitrogens with zero attached hydrogens (tertiary/aromatic N) is 1. The van der Waals surface area contributed by atoms with E-state index in [1.165, 1.54) is 7.11 Å². The molecule has 1 aliphatic heterocycles. The number of methoxy groups -OCH3 is 1. The summed E-state index contributed by atoms with van der Waals surface area (Å²) in [7, 11) is 1.36. The number of carbonyl (C=O) groups is 2. The van der Waals surface area contributed by atoms with Gasteiger partial charge in [-0.05, 0) is 20.8 Å². The Hall–Kier alpha value is -1.06. The molecule has 0 bridgehead atoms. The molecule has 1 saturated heterocycles. The highest BCUT2D eigenvalue weighted by Crippen LogP contribution is 2.27. The first kappa shape index (κ1) is 11.0. The summed E-state index contributed by atoms with van der Waals surface area (Å²) in [4.78, 5) is 24.7. The predicted molar refractivity (Wildman–Crippen MR) is 51.6 cm³/mol. The molecular weight excluding hydrogens is 182 g/mol. The van der Waals surface area contributed by atoms with Crippen LogP contribution >= 0.6 is 0 Å². The van der Waals surface area contributed by atoms with E-state index in [0.29, 0.717) is 0 Å². The van der Waals surface area contributed by atoms with Crippen molar-refractivity contribution in [2.45, 2.75) is 39.3 Å². The minimum atomic E-state index is -0.296. The molecule has 2 unspecified atom stereocenters. The van der Waals surface area contributed by atoms with Crippen LogP contribution in [0.2, 0.25) is 0 Å². The number of hydrogen-bond acceptors (Lipinski definition) is 3. The van der Waals surface area contributed by atoms with Crippen LogP contribution in [0.1, 0.15) is 27.2 Å². The van der Waals surface area contributed by atoms with Gasteiger partial charge in [0.25, 0.3) is 0 Å². The number of carbonyl (C=O) groups excluding carboxylic acids is 2. The number of esters is 1. The van der Waals surface area contributed by atoms with E-state index in [1.807, 2.05) is 20.8 Å². The lowest BCUT2D eigenvalue weighted by Gasteiger charge is -2.27. The molecule has 1 heterocycles. The number of ether oxygens (including phenoxy) is 1. The van der Waals surface area contributed by atoms with E-state index in [-0.39, 0.29) is 36.3 Å². The molecule has 0 radical (unpaired) electrons.